The molecule has 8 nitrogen and oxygen atoms in total. The van der Waals surface area contributed by atoms with Gasteiger partial charge in [-0.1, -0.05) is 84.0 Å². The Hall–Kier alpha value is -5.24. The summed E-state index contributed by atoms with van der Waals surface area (Å²) in [5.41, 5.74) is 4.75. The van der Waals surface area contributed by atoms with Crippen LogP contribution >= 0.6 is 0 Å². The number of benzene rings is 4. The van der Waals surface area contributed by atoms with Gasteiger partial charge in [-0.3, -0.25) is 9.59 Å². The van der Waals surface area contributed by atoms with Gasteiger partial charge in [0.15, 0.2) is 0 Å². The van der Waals surface area contributed by atoms with Gasteiger partial charge in [-0.05, 0) is 47.5 Å². The van der Waals surface area contributed by atoms with Gasteiger partial charge in [0.1, 0.15) is 0 Å². The number of carbonyl (C=O) groups is 2. The molecule has 2 N–H and O–H groups in total. The average molecular weight is 532 g/mol. The third kappa shape index (κ3) is 6.79. The van der Waals surface area contributed by atoms with Gasteiger partial charge in [0.2, 0.25) is 5.89 Å². The summed E-state index contributed by atoms with van der Waals surface area (Å²) in [7, 11) is 0. The molecule has 0 saturated carbocycles. The van der Waals surface area contributed by atoms with Crippen LogP contribution in [-0.4, -0.2) is 41.6 Å². The van der Waals surface area contributed by atoms with Crippen molar-refractivity contribution in [3.63, 3.8) is 0 Å². The van der Waals surface area contributed by atoms with E-state index in [-0.39, 0.29) is 17.6 Å². The average Bonchev–Trinajstić information content (AvgIpc) is 3.50. The number of rotatable bonds is 11. The molecule has 5 rings (SSSR count). The lowest BCUT2D eigenvalue weighted by Crippen LogP contribution is -2.33. The fourth-order valence-corrected chi connectivity index (χ4v) is 4.26. The number of amides is 2. The molecule has 0 unspecified atom stereocenters. The number of anilines is 2. The van der Waals surface area contributed by atoms with Crippen LogP contribution in [0.5, 0.6) is 0 Å². The molecule has 8 heteroatoms. The highest BCUT2D eigenvalue weighted by molar-refractivity contribution is 5.94. The van der Waals surface area contributed by atoms with Gasteiger partial charge in [-0.2, -0.15) is 4.98 Å². The van der Waals surface area contributed by atoms with Gasteiger partial charge in [0.05, 0.1) is 0 Å². The van der Waals surface area contributed by atoms with Crippen molar-refractivity contribution in [2.24, 2.45) is 0 Å². The number of hydrogen-bond donors (Lipinski definition) is 2. The summed E-state index contributed by atoms with van der Waals surface area (Å²) in [6.07, 6.45) is 0.309. The number of para-hydroxylation sites is 2. The second-order valence-corrected chi connectivity index (χ2v) is 9.04. The molecule has 40 heavy (non-hydrogen) atoms. The van der Waals surface area contributed by atoms with E-state index >= 15 is 0 Å². The predicted octanol–water partition coefficient (Wildman–Crippen LogP) is 5.28. The van der Waals surface area contributed by atoms with E-state index < -0.39 is 5.91 Å². The van der Waals surface area contributed by atoms with Gasteiger partial charge >= 0.3 is 0 Å². The Morgan fingerprint density at radius 3 is 1.82 bits per heavy atom. The monoisotopic (exact) mass is 531 g/mol. The summed E-state index contributed by atoms with van der Waals surface area (Å²) in [6, 6.07) is 37.4. The molecule has 0 radical (unpaired) electrons. The first-order valence-corrected chi connectivity index (χ1v) is 13.1. The van der Waals surface area contributed by atoms with Crippen molar-refractivity contribution >= 4 is 23.2 Å². The molecule has 0 fully saturated rings. The quantitative estimate of drug-likeness (QED) is 0.241. The summed E-state index contributed by atoms with van der Waals surface area (Å²) in [4.78, 5) is 31.5. The van der Waals surface area contributed by atoms with E-state index in [1.807, 2.05) is 103 Å². The van der Waals surface area contributed by atoms with E-state index in [1.165, 1.54) is 0 Å². The molecule has 1 aromatic heterocycles. The van der Waals surface area contributed by atoms with Crippen LogP contribution < -0.4 is 15.5 Å². The first kappa shape index (κ1) is 26.4. The fraction of sp³-hybridized carbons (Fsp3) is 0.125. The minimum atomic E-state index is -0.418. The van der Waals surface area contributed by atoms with E-state index in [0.717, 1.165) is 22.5 Å². The topological polar surface area (TPSA) is 100 Å². The summed E-state index contributed by atoms with van der Waals surface area (Å²) < 4.78 is 5.22. The number of nitrogens with zero attached hydrogens (tertiary/aromatic N) is 3. The molecule has 5 aromatic rings. The highest BCUT2D eigenvalue weighted by atomic mass is 16.5. The lowest BCUT2D eigenvalue weighted by Gasteiger charge is -2.25. The number of aromatic nitrogens is 2. The SMILES string of the molecule is O=C(NCCc1nc(C(=O)NCCN(c2ccccc2)c2ccccc2)no1)c1ccc(-c2ccccc2)cc1. The second kappa shape index (κ2) is 13.0. The smallest absolute Gasteiger partial charge is 0.292 e. The van der Waals surface area contributed by atoms with Crippen LogP contribution in [0.1, 0.15) is 26.9 Å². The van der Waals surface area contributed by atoms with Gasteiger partial charge < -0.3 is 20.1 Å². The van der Waals surface area contributed by atoms with E-state index in [0.29, 0.717) is 31.6 Å². The van der Waals surface area contributed by atoms with Crippen molar-refractivity contribution in [1.29, 1.82) is 0 Å². The molecule has 0 atom stereocenters. The van der Waals surface area contributed by atoms with E-state index in [4.69, 9.17) is 4.52 Å². The minimum Gasteiger partial charge on any atom is -0.352 e. The summed E-state index contributed by atoms with van der Waals surface area (Å²) in [5.74, 6) is -0.374. The van der Waals surface area contributed by atoms with Crippen LogP contribution in [0.4, 0.5) is 11.4 Å². The summed E-state index contributed by atoms with van der Waals surface area (Å²) in [5, 5.41) is 9.51. The maximum atomic E-state index is 12.6. The van der Waals surface area contributed by atoms with Crippen molar-refractivity contribution in [1.82, 2.24) is 20.8 Å². The Kier molecular flexibility index (Phi) is 8.58. The Morgan fingerprint density at radius 2 is 1.20 bits per heavy atom. The van der Waals surface area contributed by atoms with E-state index in [1.54, 1.807) is 12.1 Å². The van der Waals surface area contributed by atoms with Crippen molar-refractivity contribution in [2.45, 2.75) is 6.42 Å². The van der Waals surface area contributed by atoms with Crippen molar-refractivity contribution in [3.8, 4) is 11.1 Å². The lowest BCUT2D eigenvalue weighted by atomic mass is 10.0. The molecule has 0 spiro atoms. The van der Waals surface area contributed by atoms with Crippen LogP contribution in [-0.2, 0) is 6.42 Å². The molecular formula is C32H29N5O3. The van der Waals surface area contributed by atoms with E-state index in [9.17, 15) is 9.59 Å². The maximum absolute atomic E-state index is 12.6. The molecule has 0 aliphatic heterocycles. The first-order valence-electron chi connectivity index (χ1n) is 13.1. The zero-order valence-electron chi connectivity index (χ0n) is 21.9. The zero-order valence-corrected chi connectivity index (χ0v) is 21.9. The predicted molar refractivity (Wildman–Crippen MR) is 154 cm³/mol. The highest BCUT2D eigenvalue weighted by Gasteiger charge is 2.16. The Morgan fingerprint density at radius 1 is 0.650 bits per heavy atom. The van der Waals surface area contributed by atoms with Gasteiger partial charge in [0, 0.05) is 43.0 Å². The molecule has 200 valence electrons. The van der Waals surface area contributed by atoms with Gasteiger partial charge in [-0.15, -0.1) is 0 Å². The van der Waals surface area contributed by atoms with Crippen molar-refractivity contribution in [3.05, 3.63) is 133 Å². The van der Waals surface area contributed by atoms with Crippen LogP contribution in [0, 0.1) is 0 Å². The second-order valence-electron chi connectivity index (χ2n) is 9.04. The summed E-state index contributed by atoms with van der Waals surface area (Å²) in [6.45, 7) is 1.24. The van der Waals surface area contributed by atoms with Crippen LogP contribution in [0.15, 0.2) is 120 Å². The van der Waals surface area contributed by atoms with Gasteiger partial charge in [0.25, 0.3) is 17.6 Å². The third-order valence-corrected chi connectivity index (χ3v) is 6.31. The first-order chi connectivity index (χ1) is 19.7. The molecular weight excluding hydrogens is 502 g/mol. The molecule has 0 saturated heterocycles. The minimum absolute atomic E-state index is 0.0381. The van der Waals surface area contributed by atoms with Crippen molar-refractivity contribution < 1.29 is 14.1 Å². The zero-order chi connectivity index (χ0) is 27.6. The Balaban J connectivity index is 1.09. The largest absolute Gasteiger partial charge is 0.352 e. The number of carbonyl (C=O) groups excluding carboxylic acids is 2. The van der Waals surface area contributed by atoms with E-state index in [2.05, 4.69) is 25.7 Å². The normalized spacial score (nSPS) is 10.6. The molecule has 2 amide bonds. The molecule has 0 bridgehead atoms. The summed E-state index contributed by atoms with van der Waals surface area (Å²) >= 11 is 0. The number of nitrogens with one attached hydrogen (secondary N) is 2. The molecule has 0 aliphatic carbocycles. The Bertz CT molecular complexity index is 1480. The maximum Gasteiger partial charge on any atom is 0.292 e. The molecule has 4 aromatic carbocycles. The molecule has 0 aliphatic rings. The number of hydrogen-bond acceptors (Lipinski definition) is 6. The Labute approximate surface area is 232 Å². The molecule has 1 heterocycles. The third-order valence-electron chi connectivity index (χ3n) is 6.31. The fourth-order valence-electron chi connectivity index (χ4n) is 4.26. The standard InChI is InChI=1S/C32H29N5O3/c38-31(26-18-16-25(17-19-26)24-10-4-1-5-11-24)33-21-20-29-35-30(36-40-29)32(39)34-22-23-37(27-12-6-2-7-13-27)28-14-8-3-9-15-28/h1-19H,20-23H2,(H,33,38)(H,34,39). The van der Waals surface area contributed by atoms with Gasteiger partial charge in [-0.25, -0.2) is 0 Å². The van der Waals surface area contributed by atoms with Crippen LogP contribution in [0.25, 0.3) is 11.1 Å². The lowest BCUT2D eigenvalue weighted by molar-refractivity contribution is 0.0937. The van der Waals surface area contributed by atoms with Crippen molar-refractivity contribution in [2.75, 3.05) is 24.5 Å². The van der Waals surface area contributed by atoms with Crippen LogP contribution in [0.2, 0.25) is 0 Å². The van der Waals surface area contributed by atoms with Crippen LogP contribution in [0.3, 0.4) is 0 Å². The highest BCUT2D eigenvalue weighted by Crippen LogP contribution is 2.24.